The molecule has 1 atom stereocenters. The van der Waals surface area contributed by atoms with Crippen LogP contribution in [0, 0.1) is 0 Å². The zero-order chi connectivity index (χ0) is 11.1. The van der Waals surface area contributed by atoms with Gasteiger partial charge in [0.25, 0.3) is 0 Å². The number of hydrogen-bond acceptors (Lipinski definition) is 1. The minimum atomic E-state index is 0.121. The highest BCUT2D eigenvalue weighted by Gasteiger charge is 2.35. The molecule has 0 radical (unpaired) electrons. The molecule has 0 bridgehead atoms. The van der Waals surface area contributed by atoms with Crippen LogP contribution in [0.5, 0.6) is 0 Å². The zero-order valence-electron chi connectivity index (χ0n) is 9.60. The highest BCUT2D eigenvalue weighted by atomic mass is 35.5. The van der Waals surface area contributed by atoms with Crippen LogP contribution in [0.2, 0.25) is 5.02 Å². The summed E-state index contributed by atoms with van der Waals surface area (Å²) in [5, 5.41) is 4.32. The molecule has 0 saturated carbocycles. The average Bonchev–Trinajstić information content (AvgIpc) is 2.63. The van der Waals surface area contributed by atoms with E-state index in [1.165, 1.54) is 17.5 Å². The molecule has 0 saturated heterocycles. The highest BCUT2D eigenvalue weighted by Crippen LogP contribution is 2.43. The molecular weight excluding hydrogens is 206 g/mol. The van der Waals surface area contributed by atoms with Crippen molar-refractivity contribution in [1.82, 2.24) is 5.32 Å². The number of hydrogen-bond donors (Lipinski definition) is 1. The fraction of sp³-hybridized carbons (Fsp3) is 0.538. The van der Waals surface area contributed by atoms with Crippen LogP contribution in [-0.2, 0) is 6.42 Å². The third-order valence-corrected chi connectivity index (χ3v) is 4.04. The van der Waals surface area contributed by atoms with Crippen LogP contribution in [0.1, 0.15) is 37.3 Å². The van der Waals surface area contributed by atoms with E-state index in [2.05, 4.69) is 31.3 Å². The second kappa shape index (κ2) is 3.80. The number of nitrogens with one attached hydrogen (secondary N) is 1. The first-order chi connectivity index (χ1) is 7.06. The minimum Gasteiger partial charge on any atom is -0.314 e. The van der Waals surface area contributed by atoms with E-state index in [9.17, 15) is 0 Å². The maximum atomic E-state index is 6.30. The smallest absolute Gasteiger partial charge is 0.0444 e. The average molecular weight is 224 g/mol. The van der Waals surface area contributed by atoms with Gasteiger partial charge in [-0.2, -0.15) is 0 Å². The van der Waals surface area contributed by atoms with Gasteiger partial charge in [-0.3, -0.25) is 0 Å². The molecular formula is C13H18ClN. The van der Waals surface area contributed by atoms with E-state index in [0.717, 1.165) is 11.4 Å². The first kappa shape index (κ1) is 11.0. The fourth-order valence-corrected chi connectivity index (χ4v) is 2.86. The molecule has 0 spiro atoms. The third-order valence-electron chi connectivity index (χ3n) is 3.71. The normalized spacial score (nSPS) is 20.4. The first-order valence-corrected chi connectivity index (χ1v) is 5.90. The molecule has 0 fully saturated rings. The van der Waals surface area contributed by atoms with Crippen LogP contribution in [-0.4, -0.2) is 12.6 Å². The Morgan fingerprint density at radius 2 is 2.13 bits per heavy atom. The van der Waals surface area contributed by atoms with E-state index in [-0.39, 0.29) is 5.54 Å². The van der Waals surface area contributed by atoms with E-state index in [1.54, 1.807) is 0 Å². The van der Waals surface area contributed by atoms with Gasteiger partial charge in [-0.15, -0.1) is 0 Å². The van der Waals surface area contributed by atoms with E-state index >= 15 is 0 Å². The van der Waals surface area contributed by atoms with Crippen molar-refractivity contribution in [3.63, 3.8) is 0 Å². The van der Waals surface area contributed by atoms with Gasteiger partial charge in [-0.1, -0.05) is 23.7 Å². The number of benzene rings is 1. The van der Waals surface area contributed by atoms with Crippen LogP contribution in [0.4, 0.5) is 0 Å². The summed E-state index contributed by atoms with van der Waals surface area (Å²) < 4.78 is 0. The largest absolute Gasteiger partial charge is 0.314 e. The van der Waals surface area contributed by atoms with Crippen LogP contribution in [0.25, 0.3) is 0 Å². The summed E-state index contributed by atoms with van der Waals surface area (Å²) in [6, 6.07) is 6.26. The number of likely N-dealkylation sites (N-methyl/N-ethyl adjacent to an activating group) is 1. The molecule has 1 aromatic rings. The topological polar surface area (TPSA) is 12.0 Å². The lowest BCUT2D eigenvalue weighted by Gasteiger charge is -2.32. The van der Waals surface area contributed by atoms with Gasteiger partial charge in [0.1, 0.15) is 0 Å². The van der Waals surface area contributed by atoms with Crippen molar-refractivity contribution >= 4 is 11.6 Å². The predicted molar refractivity (Wildman–Crippen MR) is 65.7 cm³/mol. The molecule has 0 aliphatic heterocycles. The molecule has 0 aromatic heterocycles. The molecule has 0 heterocycles. The van der Waals surface area contributed by atoms with E-state index in [4.69, 9.17) is 11.6 Å². The van der Waals surface area contributed by atoms with Gasteiger partial charge >= 0.3 is 0 Å². The summed E-state index contributed by atoms with van der Waals surface area (Å²) in [6.07, 6.45) is 2.36. The standard InChI is InChI=1S/C13H18ClN/c1-13(2,15-3)10-8-7-9-5-4-6-11(14)12(9)10/h4-6,10,15H,7-8H2,1-3H3. The fourth-order valence-electron chi connectivity index (χ4n) is 2.53. The number of fused-ring (bicyclic) bond motifs is 1. The van der Waals surface area contributed by atoms with Crippen molar-refractivity contribution in [2.24, 2.45) is 0 Å². The number of aryl methyl sites for hydroxylation is 1. The molecule has 1 aliphatic carbocycles. The highest BCUT2D eigenvalue weighted by molar-refractivity contribution is 6.31. The molecule has 1 unspecified atom stereocenters. The minimum absolute atomic E-state index is 0.121. The predicted octanol–water partition coefficient (Wildman–Crippen LogP) is 3.37. The maximum absolute atomic E-state index is 6.30. The van der Waals surface area contributed by atoms with Gasteiger partial charge in [-0.05, 0) is 50.9 Å². The van der Waals surface area contributed by atoms with Gasteiger partial charge < -0.3 is 5.32 Å². The van der Waals surface area contributed by atoms with Gasteiger partial charge in [0.05, 0.1) is 0 Å². The Morgan fingerprint density at radius 1 is 1.40 bits per heavy atom. The Hall–Kier alpha value is -0.530. The molecule has 1 N–H and O–H groups in total. The zero-order valence-corrected chi connectivity index (χ0v) is 10.4. The summed E-state index contributed by atoms with van der Waals surface area (Å²) >= 11 is 6.30. The Kier molecular flexibility index (Phi) is 2.78. The number of rotatable bonds is 2. The summed E-state index contributed by atoms with van der Waals surface area (Å²) in [5.74, 6) is 0.534. The molecule has 82 valence electrons. The van der Waals surface area contributed by atoms with E-state index < -0.39 is 0 Å². The summed E-state index contributed by atoms with van der Waals surface area (Å²) in [7, 11) is 2.02. The lowest BCUT2D eigenvalue weighted by molar-refractivity contribution is 0.341. The Bertz CT molecular complexity index is 371. The van der Waals surface area contributed by atoms with Gasteiger partial charge in [-0.25, -0.2) is 0 Å². The van der Waals surface area contributed by atoms with E-state index in [0.29, 0.717) is 5.92 Å². The van der Waals surface area contributed by atoms with Crippen LogP contribution in [0.3, 0.4) is 0 Å². The van der Waals surface area contributed by atoms with Crippen molar-refractivity contribution in [2.45, 2.75) is 38.1 Å². The molecule has 2 rings (SSSR count). The SMILES string of the molecule is CNC(C)(C)C1CCc2cccc(Cl)c21. The van der Waals surface area contributed by atoms with Gasteiger partial charge in [0.2, 0.25) is 0 Å². The molecule has 2 heteroatoms. The lowest BCUT2D eigenvalue weighted by atomic mass is 9.83. The summed E-state index contributed by atoms with van der Waals surface area (Å²) in [5.41, 5.74) is 2.91. The van der Waals surface area contributed by atoms with Crippen molar-refractivity contribution < 1.29 is 0 Å². The summed E-state index contributed by atoms with van der Waals surface area (Å²) in [6.45, 7) is 4.49. The quantitative estimate of drug-likeness (QED) is 0.811. The second-order valence-electron chi connectivity index (χ2n) is 4.88. The Labute approximate surface area is 96.8 Å². The molecule has 1 aliphatic rings. The maximum Gasteiger partial charge on any atom is 0.0444 e. The van der Waals surface area contributed by atoms with Crippen molar-refractivity contribution in [2.75, 3.05) is 7.05 Å². The second-order valence-corrected chi connectivity index (χ2v) is 5.28. The first-order valence-electron chi connectivity index (χ1n) is 5.52. The lowest BCUT2D eigenvalue weighted by Crippen LogP contribution is -2.41. The number of halogens is 1. The molecule has 15 heavy (non-hydrogen) atoms. The van der Waals surface area contributed by atoms with Crippen LogP contribution in [0.15, 0.2) is 18.2 Å². The summed E-state index contributed by atoms with van der Waals surface area (Å²) in [4.78, 5) is 0. The van der Waals surface area contributed by atoms with Crippen molar-refractivity contribution in [3.8, 4) is 0 Å². The van der Waals surface area contributed by atoms with Gasteiger partial charge in [0.15, 0.2) is 0 Å². The Balaban J connectivity index is 2.44. The van der Waals surface area contributed by atoms with Crippen LogP contribution >= 0.6 is 11.6 Å². The van der Waals surface area contributed by atoms with Crippen LogP contribution < -0.4 is 5.32 Å². The third kappa shape index (κ3) is 1.79. The monoisotopic (exact) mass is 223 g/mol. The molecule has 0 amide bonds. The van der Waals surface area contributed by atoms with Crippen molar-refractivity contribution in [1.29, 1.82) is 0 Å². The Morgan fingerprint density at radius 3 is 2.80 bits per heavy atom. The molecule has 1 aromatic carbocycles. The van der Waals surface area contributed by atoms with Gasteiger partial charge in [0, 0.05) is 16.5 Å². The van der Waals surface area contributed by atoms with E-state index in [1.807, 2.05) is 13.1 Å². The molecule has 1 nitrogen and oxygen atoms in total. The van der Waals surface area contributed by atoms with Crippen molar-refractivity contribution in [3.05, 3.63) is 34.3 Å².